The van der Waals surface area contributed by atoms with Gasteiger partial charge in [0.05, 0.1) is 5.92 Å². The molecule has 3 heteroatoms. The lowest BCUT2D eigenvalue weighted by Gasteiger charge is -2.39. The van der Waals surface area contributed by atoms with Crippen molar-refractivity contribution in [2.45, 2.75) is 32.6 Å². The number of nitrogens with one attached hydrogen (secondary N) is 1. The first kappa shape index (κ1) is 19.5. The van der Waals surface area contributed by atoms with Crippen LogP contribution in [0.1, 0.15) is 43.0 Å². The van der Waals surface area contributed by atoms with Gasteiger partial charge in [-0.3, -0.25) is 4.79 Å². The molecule has 3 aromatic carbocycles. The minimum absolute atomic E-state index is 0.0214. The average Bonchev–Trinajstić information content (AvgIpc) is 3.27. The highest BCUT2D eigenvalue weighted by Gasteiger charge is 2.41. The Morgan fingerprint density at radius 3 is 2.53 bits per heavy atom. The summed E-state index contributed by atoms with van der Waals surface area (Å²) >= 11 is 1.77. The summed E-state index contributed by atoms with van der Waals surface area (Å²) in [5, 5.41) is 8.35. The molecule has 0 radical (unpaired) electrons. The maximum Gasteiger partial charge on any atom is 0.162 e. The van der Waals surface area contributed by atoms with Crippen molar-refractivity contribution < 1.29 is 4.79 Å². The van der Waals surface area contributed by atoms with Gasteiger partial charge in [0.15, 0.2) is 5.78 Å². The second-order valence-electron chi connectivity index (χ2n) is 9.74. The Balaban J connectivity index is 1.59. The third kappa shape index (κ3) is 3.11. The predicted molar refractivity (Wildman–Crippen MR) is 134 cm³/mol. The van der Waals surface area contributed by atoms with E-state index in [1.54, 1.807) is 11.3 Å². The summed E-state index contributed by atoms with van der Waals surface area (Å²) in [6.07, 6.45) is 1.49. The fourth-order valence-electron chi connectivity index (χ4n) is 5.37. The summed E-state index contributed by atoms with van der Waals surface area (Å²) in [6.45, 7) is 4.39. The lowest BCUT2D eigenvalue weighted by atomic mass is 9.69. The summed E-state index contributed by atoms with van der Waals surface area (Å²) in [5.74, 6) is 0.250. The molecule has 1 aromatic heterocycles. The van der Waals surface area contributed by atoms with Crippen molar-refractivity contribution in [1.29, 1.82) is 0 Å². The number of ketones is 1. The minimum atomic E-state index is -0.0292. The summed E-state index contributed by atoms with van der Waals surface area (Å²) in [7, 11) is 0. The van der Waals surface area contributed by atoms with E-state index in [1.165, 1.54) is 32.3 Å². The molecule has 0 bridgehead atoms. The monoisotopic (exact) mass is 435 g/mol. The van der Waals surface area contributed by atoms with Gasteiger partial charge in [0.25, 0.3) is 0 Å². The minimum Gasteiger partial charge on any atom is -0.358 e. The molecule has 0 spiro atoms. The molecule has 158 valence electrons. The van der Waals surface area contributed by atoms with Gasteiger partial charge in [-0.1, -0.05) is 74.5 Å². The number of fused-ring (bicyclic) bond motifs is 3. The van der Waals surface area contributed by atoms with E-state index in [1.807, 2.05) is 6.07 Å². The predicted octanol–water partition coefficient (Wildman–Crippen LogP) is 7.77. The molecule has 1 aliphatic heterocycles. The van der Waals surface area contributed by atoms with Gasteiger partial charge in [0.2, 0.25) is 0 Å². The Hall–Kier alpha value is -3.17. The van der Waals surface area contributed by atoms with Gasteiger partial charge in [0.1, 0.15) is 0 Å². The normalized spacial score (nSPS) is 19.4. The molecule has 32 heavy (non-hydrogen) atoms. The zero-order valence-corrected chi connectivity index (χ0v) is 19.1. The first-order chi connectivity index (χ1) is 15.5. The van der Waals surface area contributed by atoms with Gasteiger partial charge >= 0.3 is 0 Å². The number of carbonyl (C=O) groups is 1. The van der Waals surface area contributed by atoms with E-state index in [0.717, 1.165) is 23.4 Å². The van der Waals surface area contributed by atoms with Crippen molar-refractivity contribution in [3.63, 3.8) is 0 Å². The molecule has 0 saturated heterocycles. The first-order valence-electron chi connectivity index (χ1n) is 11.2. The number of allylic oxidation sites excluding steroid dienone is 2. The van der Waals surface area contributed by atoms with Crippen molar-refractivity contribution in [3.05, 3.63) is 99.9 Å². The fourth-order valence-corrected chi connectivity index (χ4v) is 6.41. The van der Waals surface area contributed by atoms with Crippen LogP contribution < -0.4 is 5.32 Å². The van der Waals surface area contributed by atoms with Gasteiger partial charge in [-0.15, -0.1) is 11.3 Å². The standard InChI is InChI=1S/C29H25NOS/c1-29(2)15-23-27(24(31)16-29)28(25-14-20(17-32-25)18-8-4-3-5-9-18)26-21-11-7-6-10-19(21)12-13-22(26)30-23/h3-14,17,28,30H,15-16H2,1-2H3. The second kappa shape index (κ2) is 7.18. The quantitative estimate of drug-likeness (QED) is 0.348. The summed E-state index contributed by atoms with van der Waals surface area (Å²) < 4.78 is 0. The number of rotatable bonds is 2. The zero-order valence-electron chi connectivity index (χ0n) is 18.3. The van der Waals surface area contributed by atoms with Crippen LogP contribution in [-0.4, -0.2) is 5.78 Å². The van der Waals surface area contributed by atoms with Gasteiger partial charge in [-0.2, -0.15) is 0 Å². The molecule has 4 aromatic rings. The molecule has 0 fully saturated rings. The Bertz CT molecular complexity index is 1390. The molecule has 0 amide bonds. The van der Waals surface area contributed by atoms with Crippen LogP contribution in [0.15, 0.2) is 89.4 Å². The molecule has 6 rings (SSSR count). The highest BCUT2D eigenvalue weighted by Crippen LogP contribution is 2.52. The molecule has 1 N–H and O–H groups in total. The highest BCUT2D eigenvalue weighted by atomic mass is 32.1. The number of anilines is 1. The van der Waals surface area contributed by atoms with Crippen LogP contribution in [0.5, 0.6) is 0 Å². The number of Topliss-reactive ketones (excluding diaryl/α,β-unsaturated/α-hetero) is 1. The van der Waals surface area contributed by atoms with Crippen molar-refractivity contribution in [2.75, 3.05) is 5.32 Å². The van der Waals surface area contributed by atoms with E-state index in [4.69, 9.17) is 0 Å². The first-order valence-corrected chi connectivity index (χ1v) is 12.1. The van der Waals surface area contributed by atoms with Crippen LogP contribution in [0, 0.1) is 5.41 Å². The van der Waals surface area contributed by atoms with Gasteiger partial charge < -0.3 is 5.32 Å². The maximum atomic E-state index is 13.6. The van der Waals surface area contributed by atoms with Crippen LogP contribution in [0.2, 0.25) is 0 Å². The Labute approximate surface area is 192 Å². The SMILES string of the molecule is CC1(C)CC(=O)C2=C(C1)Nc1ccc3ccccc3c1C2c1cc(-c2ccccc2)cs1. The van der Waals surface area contributed by atoms with Crippen LogP contribution in [0.4, 0.5) is 5.69 Å². The largest absolute Gasteiger partial charge is 0.358 e. The van der Waals surface area contributed by atoms with E-state index in [0.29, 0.717) is 6.42 Å². The molecule has 1 atom stereocenters. The summed E-state index contributed by atoms with van der Waals surface area (Å²) in [4.78, 5) is 14.8. The third-order valence-corrected chi connectivity index (χ3v) is 7.76. The van der Waals surface area contributed by atoms with Crippen LogP contribution >= 0.6 is 11.3 Å². The van der Waals surface area contributed by atoms with Gasteiger partial charge in [-0.25, -0.2) is 0 Å². The second-order valence-corrected chi connectivity index (χ2v) is 10.7. The summed E-state index contributed by atoms with van der Waals surface area (Å²) in [5.41, 5.74) is 6.85. The smallest absolute Gasteiger partial charge is 0.162 e. The molecule has 1 aliphatic carbocycles. The zero-order chi connectivity index (χ0) is 21.9. The molecule has 2 heterocycles. The lowest BCUT2D eigenvalue weighted by molar-refractivity contribution is -0.118. The molecule has 0 saturated carbocycles. The van der Waals surface area contributed by atoms with E-state index >= 15 is 0 Å². The average molecular weight is 436 g/mol. The number of thiophene rings is 1. The van der Waals surface area contributed by atoms with Gasteiger partial charge in [-0.05, 0) is 56.8 Å². The summed E-state index contributed by atoms with van der Waals surface area (Å²) in [6, 6.07) is 25.7. The topological polar surface area (TPSA) is 29.1 Å². The van der Waals surface area contributed by atoms with E-state index in [2.05, 4.69) is 91.3 Å². The number of benzene rings is 3. The molecular weight excluding hydrogens is 410 g/mol. The molecule has 2 aliphatic rings. The Kier molecular flexibility index (Phi) is 4.38. The van der Waals surface area contributed by atoms with Crippen molar-refractivity contribution in [3.8, 4) is 11.1 Å². The van der Waals surface area contributed by atoms with Crippen molar-refractivity contribution in [2.24, 2.45) is 5.41 Å². The van der Waals surface area contributed by atoms with E-state index < -0.39 is 0 Å². The number of hydrogen-bond donors (Lipinski definition) is 1. The maximum absolute atomic E-state index is 13.6. The van der Waals surface area contributed by atoms with E-state index in [9.17, 15) is 4.79 Å². The van der Waals surface area contributed by atoms with Gasteiger partial charge in [0, 0.05) is 28.3 Å². The molecule has 1 unspecified atom stereocenters. The van der Waals surface area contributed by atoms with Crippen molar-refractivity contribution in [1.82, 2.24) is 0 Å². The fraction of sp³-hybridized carbons (Fsp3) is 0.207. The van der Waals surface area contributed by atoms with Crippen LogP contribution in [-0.2, 0) is 4.79 Å². The highest BCUT2D eigenvalue weighted by molar-refractivity contribution is 7.10. The Morgan fingerprint density at radius 1 is 0.906 bits per heavy atom. The number of carbonyl (C=O) groups excluding carboxylic acids is 1. The Morgan fingerprint density at radius 2 is 1.69 bits per heavy atom. The van der Waals surface area contributed by atoms with E-state index in [-0.39, 0.29) is 17.1 Å². The van der Waals surface area contributed by atoms with Crippen LogP contribution in [0.25, 0.3) is 21.9 Å². The molecular formula is C29H25NOS. The molecule has 2 nitrogen and oxygen atoms in total. The number of hydrogen-bond acceptors (Lipinski definition) is 3. The van der Waals surface area contributed by atoms with Crippen molar-refractivity contribution >= 4 is 33.6 Å². The van der Waals surface area contributed by atoms with Crippen LogP contribution in [0.3, 0.4) is 0 Å². The third-order valence-electron chi connectivity index (χ3n) is 6.76. The lowest BCUT2D eigenvalue weighted by Crippen LogP contribution is -2.33.